The molecule has 1 fully saturated rings. The fourth-order valence-corrected chi connectivity index (χ4v) is 4.99. The maximum atomic E-state index is 13.0. The molecule has 1 aromatic heterocycles. The van der Waals surface area contributed by atoms with E-state index in [4.69, 9.17) is 4.74 Å². The number of nitrogens with zero attached hydrogens (tertiary/aromatic N) is 4. The number of benzene rings is 1. The number of esters is 2. The normalized spacial score (nSPS) is 15.7. The molecule has 3 heterocycles. The van der Waals surface area contributed by atoms with E-state index in [1.807, 2.05) is 4.90 Å². The van der Waals surface area contributed by atoms with Gasteiger partial charge in [0.1, 0.15) is 29.7 Å². The molecular formula is C32H34BrF4N5O8. The summed E-state index contributed by atoms with van der Waals surface area (Å²) in [6.45, 7) is 1.18. The van der Waals surface area contributed by atoms with E-state index < -0.39 is 42.5 Å². The van der Waals surface area contributed by atoms with Gasteiger partial charge < -0.3 is 29.3 Å². The Kier molecular flexibility index (Phi) is 14.4. The molecule has 0 saturated carbocycles. The van der Waals surface area contributed by atoms with E-state index in [1.165, 1.54) is 49.6 Å². The van der Waals surface area contributed by atoms with Gasteiger partial charge >= 0.3 is 18.1 Å². The van der Waals surface area contributed by atoms with Crippen LogP contribution in [0.15, 0.2) is 65.9 Å². The first-order chi connectivity index (χ1) is 23.6. The molecule has 2 aliphatic rings. The largest absolute Gasteiger partial charge is 0.466 e. The van der Waals surface area contributed by atoms with Crippen LogP contribution in [0, 0.1) is 5.82 Å². The lowest BCUT2D eigenvalue weighted by Crippen LogP contribution is -2.54. The van der Waals surface area contributed by atoms with Crippen molar-refractivity contribution < 1.29 is 55.7 Å². The average molecular weight is 773 g/mol. The minimum atomic E-state index is -4.54. The number of piperazine rings is 1. The van der Waals surface area contributed by atoms with Gasteiger partial charge in [-0.15, -0.1) is 0 Å². The minimum Gasteiger partial charge on any atom is -0.466 e. The monoisotopic (exact) mass is 771 g/mol. The second kappa shape index (κ2) is 18.2. The quantitative estimate of drug-likeness (QED) is 0.165. The van der Waals surface area contributed by atoms with Gasteiger partial charge in [-0.1, -0.05) is 15.9 Å². The molecule has 13 nitrogen and oxygen atoms in total. The SMILES string of the molecule is CC(C(=O)Nc1ccc(Oc2ccc(F)cc2)cn1)N1CCN(C(=O)C2=CC(=O)N(CC(F)(F)F)C2)CC1.COC(=O)/C=C(\CBr)C(=O)OC. The third-order valence-corrected chi connectivity index (χ3v) is 7.87. The molecule has 1 aromatic carbocycles. The number of pyridine rings is 1. The van der Waals surface area contributed by atoms with Crippen molar-refractivity contribution in [2.45, 2.75) is 19.1 Å². The molecule has 0 radical (unpaired) electrons. The van der Waals surface area contributed by atoms with Gasteiger partial charge in [-0.25, -0.2) is 19.0 Å². The fraction of sp³-hybridized carbons (Fsp3) is 0.375. The Morgan fingerprint density at radius 1 is 1.00 bits per heavy atom. The molecule has 50 heavy (non-hydrogen) atoms. The van der Waals surface area contributed by atoms with Gasteiger partial charge in [-0.3, -0.25) is 19.3 Å². The van der Waals surface area contributed by atoms with E-state index in [-0.39, 0.29) is 47.8 Å². The third-order valence-electron chi connectivity index (χ3n) is 7.27. The number of halogens is 5. The second-order valence-corrected chi connectivity index (χ2v) is 11.3. The molecule has 18 heteroatoms. The van der Waals surface area contributed by atoms with Crippen LogP contribution in [0.3, 0.4) is 0 Å². The maximum Gasteiger partial charge on any atom is 0.406 e. The molecule has 4 rings (SSSR count). The van der Waals surface area contributed by atoms with Crippen LogP contribution in [0.4, 0.5) is 23.4 Å². The van der Waals surface area contributed by atoms with Gasteiger partial charge in [-0.2, -0.15) is 13.2 Å². The Morgan fingerprint density at radius 2 is 1.64 bits per heavy atom. The third kappa shape index (κ3) is 11.9. The summed E-state index contributed by atoms with van der Waals surface area (Å²) >= 11 is 3.04. The van der Waals surface area contributed by atoms with Gasteiger partial charge in [0.15, 0.2) is 0 Å². The van der Waals surface area contributed by atoms with Gasteiger partial charge in [0.05, 0.1) is 38.6 Å². The zero-order valence-electron chi connectivity index (χ0n) is 27.2. The van der Waals surface area contributed by atoms with Gasteiger partial charge in [0.2, 0.25) is 11.8 Å². The van der Waals surface area contributed by atoms with E-state index in [1.54, 1.807) is 19.1 Å². The Hall–Kier alpha value is -4.84. The van der Waals surface area contributed by atoms with Crippen molar-refractivity contribution in [3.63, 3.8) is 0 Å². The first-order valence-corrected chi connectivity index (χ1v) is 16.0. The van der Waals surface area contributed by atoms with Crippen molar-refractivity contribution in [3.8, 4) is 11.5 Å². The molecule has 270 valence electrons. The predicted molar refractivity (Wildman–Crippen MR) is 174 cm³/mol. The summed E-state index contributed by atoms with van der Waals surface area (Å²) < 4.78 is 65.2. The zero-order chi connectivity index (χ0) is 37.0. The van der Waals surface area contributed by atoms with Crippen LogP contribution in [0.5, 0.6) is 11.5 Å². The van der Waals surface area contributed by atoms with Gasteiger partial charge in [0.25, 0.3) is 5.91 Å². The van der Waals surface area contributed by atoms with Crippen molar-refractivity contribution in [2.24, 2.45) is 0 Å². The van der Waals surface area contributed by atoms with Crippen LogP contribution in [0.25, 0.3) is 0 Å². The molecule has 1 atom stereocenters. The summed E-state index contributed by atoms with van der Waals surface area (Å²) in [5, 5.41) is 2.98. The molecule has 1 N–H and O–H groups in total. The number of carbonyl (C=O) groups is 5. The highest BCUT2D eigenvalue weighted by Gasteiger charge is 2.38. The lowest BCUT2D eigenvalue weighted by atomic mass is 10.2. The highest BCUT2D eigenvalue weighted by molar-refractivity contribution is 9.09. The van der Waals surface area contributed by atoms with Crippen LogP contribution in [0.2, 0.25) is 0 Å². The standard InChI is InChI=1S/C25H25F4N5O4.C7H9BrO4/c1-16(23(36)31-21-7-6-20(13-30-21)38-19-4-2-18(26)3-5-19)32-8-10-33(11-9-32)24(37)17-12-22(35)34(14-17)15-25(27,28)29;1-11-6(9)3-5(4-8)7(10)12-2/h2-7,12-13,16H,8-11,14-15H2,1H3,(H,30,31,36);3H,4H2,1-2H3/b;5-3+. The number of nitrogens with one attached hydrogen (secondary N) is 1. The molecule has 2 aliphatic heterocycles. The van der Waals surface area contributed by atoms with E-state index in [0.717, 1.165) is 12.2 Å². The number of anilines is 1. The number of aromatic nitrogens is 1. The minimum absolute atomic E-state index is 0.0245. The van der Waals surface area contributed by atoms with E-state index in [0.29, 0.717) is 35.3 Å². The van der Waals surface area contributed by atoms with Crippen molar-refractivity contribution in [2.75, 3.05) is 64.1 Å². The van der Waals surface area contributed by atoms with Crippen LogP contribution in [-0.2, 0) is 33.4 Å². The van der Waals surface area contributed by atoms with Crippen molar-refractivity contribution in [3.05, 3.63) is 71.7 Å². The highest BCUT2D eigenvalue weighted by atomic mass is 79.9. The molecular weight excluding hydrogens is 738 g/mol. The number of ether oxygens (including phenoxy) is 3. The Bertz CT molecular complexity index is 1590. The number of rotatable bonds is 10. The lowest BCUT2D eigenvalue weighted by Gasteiger charge is -2.37. The molecule has 2 aromatic rings. The number of hydrogen-bond acceptors (Lipinski definition) is 10. The molecule has 0 aliphatic carbocycles. The number of carbonyl (C=O) groups excluding carboxylic acids is 5. The summed E-state index contributed by atoms with van der Waals surface area (Å²) in [5.74, 6) is -1.97. The van der Waals surface area contributed by atoms with Crippen molar-refractivity contribution in [1.29, 1.82) is 0 Å². The first-order valence-electron chi connectivity index (χ1n) is 14.9. The molecule has 3 amide bonds. The van der Waals surface area contributed by atoms with Gasteiger partial charge in [-0.05, 0) is 43.3 Å². The average Bonchev–Trinajstić information content (AvgIpc) is 3.46. The molecule has 1 unspecified atom stereocenters. The summed E-state index contributed by atoms with van der Waals surface area (Å²) in [4.78, 5) is 66.9. The van der Waals surface area contributed by atoms with Crippen LogP contribution in [-0.4, -0.2) is 120 Å². The number of hydrogen-bond donors (Lipinski definition) is 1. The topological polar surface area (TPSA) is 148 Å². The number of amides is 3. The smallest absolute Gasteiger partial charge is 0.406 e. The lowest BCUT2D eigenvalue weighted by molar-refractivity contribution is -0.156. The van der Waals surface area contributed by atoms with Gasteiger partial charge in [0, 0.05) is 49.2 Å². The Morgan fingerprint density at radius 3 is 2.18 bits per heavy atom. The zero-order valence-corrected chi connectivity index (χ0v) is 28.8. The summed E-state index contributed by atoms with van der Waals surface area (Å²) in [6.07, 6.45) is -1.08. The number of methoxy groups -OCH3 is 2. The maximum absolute atomic E-state index is 13.0. The summed E-state index contributed by atoms with van der Waals surface area (Å²) in [5.41, 5.74) is 0.251. The predicted octanol–water partition coefficient (Wildman–Crippen LogP) is 3.47. The van der Waals surface area contributed by atoms with Crippen molar-refractivity contribution >= 4 is 51.4 Å². The highest BCUT2D eigenvalue weighted by Crippen LogP contribution is 2.23. The van der Waals surface area contributed by atoms with E-state index >= 15 is 0 Å². The van der Waals surface area contributed by atoms with E-state index in [2.05, 4.69) is 35.7 Å². The van der Waals surface area contributed by atoms with Crippen LogP contribution >= 0.6 is 15.9 Å². The first kappa shape index (κ1) is 39.6. The molecule has 0 bridgehead atoms. The number of alkyl halides is 4. The Balaban J connectivity index is 0.000000482. The van der Waals surface area contributed by atoms with E-state index in [9.17, 15) is 41.5 Å². The van der Waals surface area contributed by atoms with Crippen LogP contribution < -0.4 is 10.1 Å². The Labute approximate surface area is 292 Å². The molecule has 0 spiro atoms. The van der Waals surface area contributed by atoms with Crippen LogP contribution in [0.1, 0.15) is 6.92 Å². The van der Waals surface area contributed by atoms with Crippen molar-refractivity contribution in [1.82, 2.24) is 19.7 Å². The molecule has 1 saturated heterocycles. The summed E-state index contributed by atoms with van der Waals surface area (Å²) in [6, 6.07) is 8.14. The fourth-order valence-electron chi connectivity index (χ4n) is 4.60. The second-order valence-electron chi connectivity index (χ2n) is 10.7. The summed E-state index contributed by atoms with van der Waals surface area (Å²) in [7, 11) is 2.48.